The highest BCUT2D eigenvalue weighted by atomic mass is 32.1. The van der Waals surface area contributed by atoms with Crippen LogP contribution in [0.4, 0.5) is 0 Å². The van der Waals surface area contributed by atoms with Crippen LogP contribution in [0.5, 0.6) is 0 Å². The van der Waals surface area contributed by atoms with Crippen LogP contribution in [-0.4, -0.2) is 4.98 Å². The fraction of sp³-hybridized carbons (Fsp3) is 0.300. The summed E-state index contributed by atoms with van der Waals surface area (Å²) in [5, 5.41) is 20.1. The molecule has 2 rings (SSSR count). The van der Waals surface area contributed by atoms with Gasteiger partial charge in [-0.3, -0.25) is 0 Å². The topological polar surface area (TPSA) is 60.5 Å². The van der Waals surface area contributed by atoms with Gasteiger partial charge in [-0.25, -0.2) is 4.98 Å². The SMILES string of the molecule is N#CC(C#N)=Cc1csc(C2CC2)n1. The van der Waals surface area contributed by atoms with Crippen LogP contribution in [0.25, 0.3) is 6.08 Å². The average molecular weight is 201 g/mol. The average Bonchev–Trinajstić information content (AvgIpc) is 2.96. The Balaban J connectivity index is 2.21. The van der Waals surface area contributed by atoms with E-state index in [1.807, 2.05) is 17.5 Å². The van der Waals surface area contributed by atoms with Gasteiger partial charge >= 0.3 is 0 Å². The summed E-state index contributed by atoms with van der Waals surface area (Å²) in [7, 11) is 0. The molecule has 0 saturated heterocycles. The molecular weight excluding hydrogens is 194 g/mol. The fourth-order valence-electron chi connectivity index (χ4n) is 1.12. The zero-order valence-electron chi connectivity index (χ0n) is 7.40. The maximum Gasteiger partial charge on any atom is 0.131 e. The molecule has 0 atom stereocenters. The van der Waals surface area contributed by atoms with Crippen LogP contribution >= 0.6 is 11.3 Å². The molecule has 1 saturated carbocycles. The van der Waals surface area contributed by atoms with Gasteiger partial charge in [0, 0.05) is 11.3 Å². The molecule has 0 aliphatic heterocycles. The van der Waals surface area contributed by atoms with Crippen molar-refractivity contribution in [2.24, 2.45) is 0 Å². The van der Waals surface area contributed by atoms with Gasteiger partial charge in [-0.15, -0.1) is 11.3 Å². The van der Waals surface area contributed by atoms with Crippen molar-refractivity contribution in [3.05, 3.63) is 21.7 Å². The number of nitrogens with zero attached hydrogens (tertiary/aromatic N) is 3. The molecular formula is C10H7N3S. The van der Waals surface area contributed by atoms with Crippen molar-refractivity contribution in [2.45, 2.75) is 18.8 Å². The van der Waals surface area contributed by atoms with Gasteiger partial charge in [0.25, 0.3) is 0 Å². The molecule has 0 radical (unpaired) electrons. The monoisotopic (exact) mass is 201 g/mol. The van der Waals surface area contributed by atoms with Gasteiger partial charge in [-0.05, 0) is 18.9 Å². The molecule has 0 amide bonds. The van der Waals surface area contributed by atoms with Crippen LogP contribution in [-0.2, 0) is 0 Å². The van der Waals surface area contributed by atoms with Gasteiger partial charge in [0.2, 0.25) is 0 Å². The first kappa shape index (κ1) is 8.93. The lowest BCUT2D eigenvalue weighted by atomic mass is 10.3. The summed E-state index contributed by atoms with van der Waals surface area (Å²) >= 11 is 1.61. The Morgan fingerprint density at radius 2 is 2.21 bits per heavy atom. The van der Waals surface area contributed by atoms with Crippen molar-refractivity contribution in [1.29, 1.82) is 10.5 Å². The molecule has 0 bridgehead atoms. The fourth-order valence-corrected chi connectivity index (χ4v) is 2.07. The summed E-state index contributed by atoms with van der Waals surface area (Å²) in [6, 6.07) is 3.64. The molecule has 3 nitrogen and oxygen atoms in total. The van der Waals surface area contributed by atoms with E-state index in [9.17, 15) is 0 Å². The van der Waals surface area contributed by atoms with E-state index < -0.39 is 0 Å². The summed E-state index contributed by atoms with van der Waals surface area (Å²) in [4.78, 5) is 4.35. The van der Waals surface area contributed by atoms with Crippen LogP contribution in [0, 0.1) is 22.7 Å². The third-order valence-corrected chi connectivity index (χ3v) is 3.02. The molecule has 1 heterocycles. The first-order chi connectivity index (χ1) is 6.83. The highest BCUT2D eigenvalue weighted by molar-refractivity contribution is 7.09. The molecule has 0 N–H and O–H groups in total. The van der Waals surface area contributed by atoms with Crippen LogP contribution in [0.2, 0.25) is 0 Å². The number of allylic oxidation sites excluding steroid dienone is 1. The standard InChI is InChI=1S/C10H7N3S/c11-4-7(5-12)3-9-6-14-10(13-9)8-1-2-8/h3,6,8H,1-2H2. The first-order valence-electron chi connectivity index (χ1n) is 4.31. The van der Waals surface area contributed by atoms with Crippen LogP contribution in [0.15, 0.2) is 11.0 Å². The Kier molecular flexibility index (Phi) is 2.30. The quantitative estimate of drug-likeness (QED) is 0.690. The van der Waals surface area contributed by atoms with E-state index in [0.717, 1.165) is 10.7 Å². The van der Waals surface area contributed by atoms with Crippen molar-refractivity contribution in [3.8, 4) is 12.1 Å². The lowest BCUT2D eigenvalue weighted by Gasteiger charge is -1.84. The predicted octanol–water partition coefficient (Wildman–Crippen LogP) is 2.45. The second-order valence-corrected chi connectivity index (χ2v) is 4.06. The smallest absolute Gasteiger partial charge is 0.131 e. The Morgan fingerprint density at radius 3 is 2.79 bits per heavy atom. The second kappa shape index (κ2) is 3.61. The third kappa shape index (κ3) is 1.81. The number of thiazole rings is 1. The van der Waals surface area contributed by atoms with Gasteiger partial charge < -0.3 is 0 Å². The van der Waals surface area contributed by atoms with Gasteiger partial charge in [-0.1, -0.05) is 0 Å². The van der Waals surface area contributed by atoms with Crippen molar-refractivity contribution >= 4 is 17.4 Å². The summed E-state index contributed by atoms with van der Waals surface area (Å²) in [5.74, 6) is 0.634. The highest BCUT2D eigenvalue weighted by Gasteiger charge is 2.26. The summed E-state index contributed by atoms with van der Waals surface area (Å²) < 4.78 is 0. The molecule has 0 aromatic carbocycles. The van der Waals surface area contributed by atoms with Crippen molar-refractivity contribution < 1.29 is 0 Å². The molecule has 1 fully saturated rings. The maximum absolute atomic E-state index is 8.55. The Labute approximate surface area is 85.9 Å². The minimum absolute atomic E-state index is 0.109. The van der Waals surface area contributed by atoms with Crippen molar-refractivity contribution in [2.75, 3.05) is 0 Å². The molecule has 4 heteroatoms. The van der Waals surface area contributed by atoms with E-state index in [1.165, 1.54) is 18.9 Å². The first-order valence-corrected chi connectivity index (χ1v) is 5.19. The Bertz CT molecular complexity index is 438. The number of aromatic nitrogens is 1. The third-order valence-electron chi connectivity index (χ3n) is 2.00. The second-order valence-electron chi connectivity index (χ2n) is 3.17. The molecule has 0 spiro atoms. The zero-order valence-corrected chi connectivity index (χ0v) is 8.21. The van der Waals surface area contributed by atoms with E-state index in [0.29, 0.717) is 5.92 Å². The number of hydrogen-bond acceptors (Lipinski definition) is 4. The minimum Gasteiger partial charge on any atom is -0.242 e. The summed E-state index contributed by atoms with van der Waals surface area (Å²) in [5.41, 5.74) is 0.840. The van der Waals surface area contributed by atoms with E-state index in [1.54, 1.807) is 11.3 Å². The normalized spacial score (nSPS) is 14.1. The van der Waals surface area contributed by atoms with Crippen molar-refractivity contribution in [3.63, 3.8) is 0 Å². The predicted molar refractivity (Wildman–Crippen MR) is 53.3 cm³/mol. The van der Waals surface area contributed by atoms with Gasteiger partial charge in [0.15, 0.2) is 0 Å². The Hall–Kier alpha value is -1.65. The van der Waals surface area contributed by atoms with Gasteiger partial charge in [0.1, 0.15) is 17.7 Å². The molecule has 1 aromatic rings. The molecule has 14 heavy (non-hydrogen) atoms. The zero-order chi connectivity index (χ0) is 9.97. The summed E-state index contributed by atoms with van der Waals surface area (Å²) in [6.07, 6.45) is 3.97. The van der Waals surface area contributed by atoms with Crippen molar-refractivity contribution in [1.82, 2.24) is 4.98 Å². The van der Waals surface area contributed by atoms with E-state index >= 15 is 0 Å². The van der Waals surface area contributed by atoms with Gasteiger partial charge in [-0.2, -0.15) is 10.5 Å². The molecule has 1 aliphatic rings. The minimum atomic E-state index is 0.109. The molecule has 0 unspecified atom stereocenters. The number of nitriles is 2. The Morgan fingerprint density at radius 1 is 1.50 bits per heavy atom. The maximum atomic E-state index is 8.55. The van der Waals surface area contributed by atoms with E-state index in [2.05, 4.69) is 4.98 Å². The largest absolute Gasteiger partial charge is 0.242 e. The van der Waals surface area contributed by atoms with Crippen LogP contribution in [0.3, 0.4) is 0 Å². The van der Waals surface area contributed by atoms with Gasteiger partial charge in [0.05, 0.1) is 10.7 Å². The van der Waals surface area contributed by atoms with Crippen LogP contribution < -0.4 is 0 Å². The highest BCUT2D eigenvalue weighted by Crippen LogP contribution is 2.41. The molecule has 1 aliphatic carbocycles. The van der Waals surface area contributed by atoms with E-state index in [4.69, 9.17) is 10.5 Å². The van der Waals surface area contributed by atoms with Crippen LogP contribution in [0.1, 0.15) is 29.5 Å². The molecule has 68 valence electrons. The number of hydrogen-bond donors (Lipinski definition) is 0. The summed E-state index contributed by atoms with van der Waals surface area (Å²) in [6.45, 7) is 0. The molecule has 1 aromatic heterocycles. The van der Waals surface area contributed by atoms with E-state index in [-0.39, 0.29) is 5.57 Å². The lowest BCUT2D eigenvalue weighted by molar-refractivity contribution is 1.08. The lowest BCUT2D eigenvalue weighted by Crippen LogP contribution is -1.79. The number of rotatable bonds is 2.